The van der Waals surface area contributed by atoms with E-state index < -0.39 is 0 Å². The Kier molecular flexibility index (Phi) is 4.30. The van der Waals surface area contributed by atoms with Gasteiger partial charge in [-0.05, 0) is 12.8 Å². The van der Waals surface area contributed by atoms with Gasteiger partial charge in [0, 0.05) is 19.4 Å². The minimum absolute atomic E-state index is 0.383. The second kappa shape index (κ2) is 5.31. The highest BCUT2D eigenvalue weighted by Gasteiger charge is 2.19. The third-order valence-corrected chi connectivity index (χ3v) is 2.47. The summed E-state index contributed by atoms with van der Waals surface area (Å²) >= 11 is 0. The third kappa shape index (κ3) is 3.35. The summed E-state index contributed by atoms with van der Waals surface area (Å²) < 4.78 is 5.12. The van der Waals surface area contributed by atoms with Crippen LogP contribution in [-0.4, -0.2) is 19.0 Å². The first kappa shape index (κ1) is 9.72. The summed E-state index contributed by atoms with van der Waals surface area (Å²) in [5.41, 5.74) is 0. The van der Waals surface area contributed by atoms with Gasteiger partial charge in [0.15, 0.2) is 0 Å². The lowest BCUT2D eigenvalue weighted by atomic mass is 9.81. The number of rotatable bonds is 6. The van der Waals surface area contributed by atoms with E-state index in [1.54, 1.807) is 0 Å². The van der Waals surface area contributed by atoms with Crippen molar-refractivity contribution in [3.8, 4) is 0 Å². The zero-order chi connectivity index (χ0) is 8.81. The number of ketones is 1. The molecule has 1 aliphatic rings. The fourth-order valence-electron chi connectivity index (χ4n) is 1.45. The molecule has 0 aromatic heterocycles. The SMILES string of the molecule is CCOCCC(=O)CC1CCC1. The molecule has 1 aliphatic carbocycles. The van der Waals surface area contributed by atoms with Crippen LogP contribution in [0.4, 0.5) is 0 Å². The van der Waals surface area contributed by atoms with Crippen molar-refractivity contribution in [2.75, 3.05) is 13.2 Å². The molecule has 0 bridgehead atoms. The largest absolute Gasteiger partial charge is 0.381 e. The van der Waals surface area contributed by atoms with Gasteiger partial charge in [-0.2, -0.15) is 0 Å². The fraction of sp³-hybridized carbons (Fsp3) is 0.900. The van der Waals surface area contributed by atoms with Gasteiger partial charge in [0.05, 0.1) is 6.61 Å². The van der Waals surface area contributed by atoms with Crippen LogP contribution in [-0.2, 0) is 9.53 Å². The van der Waals surface area contributed by atoms with Crippen LogP contribution in [0.5, 0.6) is 0 Å². The molecule has 0 unspecified atom stereocenters. The molecule has 0 amide bonds. The fourth-order valence-corrected chi connectivity index (χ4v) is 1.45. The number of Topliss-reactive ketones (excluding diaryl/α,β-unsaturated/α-hetero) is 1. The molecule has 2 nitrogen and oxygen atoms in total. The minimum atomic E-state index is 0.383. The monoisotopic (exact) mass is 170 g/mol. The molecule has 70 valence electrons. The Balaban J connectivity index is 1.95. The normalized spacial score (nSPS) is 17.4. The van der Waals surface area contributed by atoms with E-state index in [-0.39, 0.29) is 0 Å². The number of carbonyl (C=O) groups is 1. The minimum Gasteiger partial charge on any atom is -0.381 e. The summed E-state index contributed by atoms with van der Waals surface area (Å²) in [5.74, 6) is 1.09. The molecule has 0 heterocycles. The molecule has 1 fully saturated rings. The average Bonchev–Trinajstić information content (AvgIpc) is 1.98. The van der Waals surface area contributed by atoms with Crippen LogP contribution in [0.1, 0.15) is 39.0 Å². The van der Waals surface area contributed by atoms with Gasteiger partial charge in [0.1, 0.15) is 5.78 Å². The van der Waals surface area contributed by atoms with Crippen LogP contribution < -0.4 is 0 Å². The third-order valence-electron chi connectivity index (χ3n) is 2.47. The van der Waals surface area contributed by atoms with E-state index in [0.717, 1.165) is 13.0 Å². The van der Waals surface area contributed by atoms with Crippen molar-refractivity contribution >= 4 is 5.78 Å². The highest BCUT2D eigenvalue weighted by Crippen LogP contribution is 2.29. The molecular formula is C10H18O2. The van der Waals surface area contributed by atoms with Crippen LogP contribution in [0.3, 0.4) is 0 Å². The predicted octanol–water partition coefficient (Wildman–Crippen LogP) is 2.17. The lowest BCUT2D eigenvalue weighted by molar-refractivity contribution is -0.121. The van der Waals surface area contributed by atoms with E-state index in [2.05, 4.69) is 0 Å². The summed E-state index contributed by atoms with van der Waals surface area (Å²) in [6, 6.07) is 0. The van der Waals surface area contributed by atoms with Gasteiger partial charge >= 0.3 is 0 Å². The Hall–Kier alpha value is -0.370. The first-order chi connectivity index (χ1) is 5.83. The summed E-state index contributed by atoms with van der Waals surface area (Å²) in [6.07, 6.45) is 5.27. The predicted molar refractivity (Wildman–Crippen MR) is 48.1 cm³/mol. The Bertz CT molecular complexity index is 139. The number of hydrogen-bond donors (Lipinski definition) is 0. The van der Waals surface area contributed by atoms with E-state index in [9.17, 15) is 4.79 Å². The van der Waals surface area contributed by atoms with Crippen molar-refractivity contribution in [3.63, 3.8) is 0 Å². The topological polar surface area (TPSA) is 26.3 Å². The van der Waals surface area contributed by atoms with Crippen molar-refractivity contribution in [2.24, 2.45) is 5.92 Å². The molecule has 0 aromatic rings. The molecule has 1 saturated carbocycles. The van der Waals surface area contributed by atoms with Gasteiger partial charge in [-0.1, -0.05) is 19.3 Å². The van der Waals surface area contributed by atoms with Gasteiger partial charge in [0.2, 0.25) is 0 Å². The van der Waals surface area contributed by atoms with Gasteiger partial charge < -0.3 is 4.74 Å². The molecule has 0 atom stereocenters. The van der Waals surface area contributed by atoms with Gasteiger partial charge in [-0.25, -0.2) is 0 Å². The molecule has 2 heteroatoms. The molecule has 12 heavy (non-hydrogen) atoms. The summed E-state index contributed by atoms with van der Waals surface area (Å²) in [4.78, 5) is 11.2. The zero-order valence-electron chi connectivity index (χ0n) is 7.84. The summed E-state index contributed by atoms with van der Waals surface area (Å²) in [7, 11) is 0. The Morgan fingerprint density at radius 2 is 2.25 bits per heavy atom. The lowest BCUT2D eigenvalue weighted by Crippen LogP contribution is -2.16. The zero-order valence-corrected chi connectivity index (χ0v) is 7.84. The van der Waals surface area contributed by atoms with Crippen LogP contribution in [0.25, 0.3) is 0 Å². The second-order valence-electron chi connectivity index (χ2n) is 3.49. The summed E-state index contributed by atoms with van der Waals surface area (Å²) in [6.45, 7) is 3.29. The van der Waals surface area contributed by atoms with Crippen LogP contribution >= 0.6 is 0 Å². The maximum absolute atomic E-state index is 11.2. The summed E-state index contributed by atoms with van der Waals surface area (Å²) in [5, 5.41) is 0. The lowest BCUT2D eigenvalue weighted by Gasteiger charge is -2.24. The van der Waals surface area contributed by atoms with E-state index in [1.165, 1.54) is 19.3 Å². The molecular weight excluding hydrogens is 152 g/mol. The second-order valence-corrected chi connectivity index (χ2v) is 3.49. The van der Waals surface area contributed by atoms with Crippen LogP contribution in [0.2, 0.25) is 0 Å². The van der Waals surface area contributed by atoms with Crippen LogP contribution in [0.15, 0.2) is 0 Å². The first-order valence-corrected chi connectivity index (χ1v) is 4.92. The van der Waals surface area contributed by atoms with Crippen LogP contribution in [0, 0.1) is 5.92 Å². The standard InChI is InChI=1S/C10H18O2/c1-2-12-7-6-10(11)8-9-4-3-5-9/h9H,2-8H2,1H3. The molecule has 0 spiro atoms. The molecule has 0 radical (unpaired) electrons. The van der Waals surface area contributed by atoms with Crippen molar-refractivity contribution in [1.29, 1.82) is 0 Å². The first-order valence-electron chi connectivity index (χ1n) is 4.92. The van der Waals surface area contributed by atoms with Crippen molar-refractivity contribution in [2.45, 2.75) is 39.0 Å². The smallest absolute Gasteiger partial charge is 0.135 e. The number of ether oxygens (including phenoxy) is 1. The number of hydrogen-bond acceptors (Lipinski definition) is 2. The van der Waals surface area contributed by atoms with Gasteiger partial charge in [-0.15, -0.1) is 0 Å². The Morgan fingerprint density at radius 3 is 2.75 bits per heavy atom. The van der Waals surface area contributed by atoms with E-state index in [0.29, 0.717) is 24.7 Å². The maximum atomic E-state index is 11.2. The highest BCUT2D eigenvalue weighted by molar-refractivity contribution is 5.78. The van der Waals surface area contributed by atoms with Crippen molar-refractivity contribution < 1.29 is 9.53 Å². The van der Waals surface area contributed by atoms with E-state index in [1.807, 2.05) is 6.92 Å². The molecule has 1 rings (SSSR count). The molecule has 0 aromatic carbocycles. The molecule has 0 saturated heterocycles. The quantitative estimate of drug-likeness (QED) is 0.571. The maximum Gasteiger partial charge on any atom is 0.135 e. The molecule has 0 N–H and O–H groups in total. The molecule has 0 aliphatic heterocycles. The van der Waals surface area contributed by atoms with Crippen molar-refractivity contribution in [3.05, 3.63) is 0 Å². The average molecular weight is 170 g/mol. The van der Waals surface area contributed by atoms with Gasteiger partial charge in [0.25, 0.3) is 0 Å². The van der Waals surface area contributed by atoms with E-state index in [4.69, 9.17) is 4.74 Å². The highest BCUT2D eigenvalue weighted by atomic mass is 16.5. The Morgan fingerprint density at radius 1 is 1.50 bits per heavy atom. The van der Waals surface area contributed by atoms with Gasteiger partial charge in [-0.3, -0.25) is 4.79 Å². The van der Waals surface area contributed by atoms with Crippen molar-refractivity contribution in [1.82, 2.24) is 0 Å². The Labute approximate surface area is 74.3 Å². The van der Waals surface area contributed by atoms with E-state index >= 15 is 0 Å². The number of carbonyl (C=O) groups excluding carboxylic acids is 1.